The summed E-state index contributed by atoms with van der Waals surface area (Å²) >= 11 is 0. The number of anilines is 2. The summed E-state index contributed by atoms with van der Waals surface area (Å²) in [6, 6.07) is 11.9. The van der Waals surface area contributed by atoms with E-state index in [1.54, 1.807) is 6.92 Å². The number of nitrogens with zero attached hydrogens (tertiary/aromatic N) is 5. The molecule has 2 aliphatic rings. The van der Waals surface area contributed by atoms with Crippen molar-refractivity contribution in [2.75, 3.05) is 55.6 Å². The maximum absolute atomic E-state index is 13.6. The van der Waals surface area contributed by atoms with E-state index in [4.69, 9.17) is 0 Å². The molecule has 0 radical (unpaired) electrons. The number of aromatic nitrogens is 1. The fourth-order valence-corrected chi connectivity index (χ4v) is 5.55. The monoisotopic (exact) mass is 505 g/mol. The standard InChI is InChI=1S/C30H43N5O2/c1-24(2)22-32-15-9-5-4-6-10-16-35(25(3)36)28-13-12-26(21-27(28)23-32)30(37)34-19-17-33(18-20-34)29-11-7-8-14-31-29/h7-8,11-14,21,24H,4-6,9-10,15-20,22-23H2,1-3H3. The molecule has 0 saturated carbocycles. The predicted octanol–water partition coefficient (Wildman–Crippen LogP) is 4.82. The molecule has 0 unspecified atom stereocenters. The number of pyridine rings is 1. The summed E-state index contributed by atoms with van der Waals surface area (Å²) in [5, 5.41) is 0. The van der Waals surface area contributed by atoms with Crippen LogP contribution in [0.4, 0.5) is 11.5 Å². The van der Waals surface area contributed by atoms with Gasteiger partial charge in [0, 0.05) is 70.2 Å². The van der Waals surface area contributed by atoms with Crippen molar-refractivity contribution in [3.8, 4) is 0 Å². The Labute approximate surface area is 222 Å². The van der Waals surface area contributed by atoms with Crippen molar-refractivity contribution < 1.29 is 9.59 Å². The van der Waals surface area contributed by atoms with Crippen molar-refractivity contribution in [2.45, 2.75) is 59.4 Å². The van der Waals surface area contributed by atoms with E-state index in [0.29, 0.717) is 24.6 Å². The van der Waals surface area contributed by atoms with Crippen LogP contribution in [0.5, 0.6) is 0 Å². The molecule has 4 rings (SSSR count). The summed E-state index contributed by atoms with van der Waals surface area (Å²) in [4.78, 5) is 39.3. The second kappa shape index (κ2) is 13.0. The fourth-order valence-electron chi connectivity index (χ4n) is 5.55. The van der Waals surface area contributed by atoms with Gasteiger partial charge < -0.3 is 14.7 Å². The average Bonchev–Trinajstić information content (AvgIpc) is 2.89. The molecular formula is C30H43N5O2. The van der Waals surface area contributed by atoms with Crippen molar-refractivity contribution in [2.24, 2.45) is 5.92 Å². The van der Waals surface area contributed by atoms with E-state index in [0.717, 1.165) is 69.2 Å². The zero-order chi connectivity index (χ0) is 26.2. The molecule has 0 atom stereocenters. The van der Waals surface area contributed by atoms with Crippen molar-refractivity contribution >= 4 is 23.3 Å². The highest BCUT2D eigenvalue weighted by atomic mass is 16.2. The van der Waals surface area contributed by atoms with E-state index in [2.05, 4.69) is 34.7 Å². The number of carbonyl (C=O) groups is 2. The van der Waals surface area contributed by atoms with Gasteiger partial charge in [-0.25, -0.2) is 4.98 Å². The summed E-state index contributed by atoms with van der Waals surface area (Å²) in [7, 11) is 0. The lowest BCUT2D eigenvalue weighted by atomic mass is 10.0. The first-order valence-electron chi connectivity index (χ1n) is 14.0. The molecular weight excluding hydrogens is 462 g/mol. The fraction of sp³-hybridized carbons (Fsp3) is 0.567. The maximum atomic E-state index is 13.6. The minimum Gasteiger partial charge on any atom is -0.353 e. The molecule has 2 amide bonds. The first-order valence-corrected chi connectivity index (χ1v) is 14.0. The molecule has 2 aliphatic heterocycles. The van der Waals surface area contributed by atoms with E-state index in [9.17, 15) is 9.59 Å². The minimum absolute atomic E-state index is 0.0680. The summed E-state index contributed by atoms with van der Waals surface area (Å²) < 4.78 is 0. The lowest BCUT2D eigenvalue weighted by Gasteiger charge is -2.35. The van der Waals surface area contributed by atoms with Gasteiger partial charge in [0.15, 0.2) is 0 Å². The van der Waals surface area contributed by atoms with Crippen LogP contribution in [0.2, 0.25) is 0 Å². The Morgan fingerprint density at radius 2 is 1.62 bits per heavy atom. The molecule has 3 heterocycles. The van der Waals surface area contributed by atoms with Crippen LogP contribution in [0, 0.1) is 5.92 Å². The molecule has 0 spiro atoms. The number of fused-ring (bicyclic) bond motifs is 1. The van der Waals surface area contributed by atoms with Crippen LogP contribution in [0.3, 0.4) is 0 Å². The molecule has 7 nitrogen and oxygen atoms in total. The third-order valence-electron chi connectivity index (χ3n) is 7.41. The van der Waals surface area contributed by atoms with Crippen molar-refractivity contribution in [1.29, 1.82) is 0 Å². The molecule has 1 saturated heterocycles. The molecule has 0 bridgehead atoms. The molecule has 0 aliphatic carbocycles. The van der Waals surface area contributed by atoms with Crippen molar-refractivity contribution in [3.63, 3.8) is 0 Å². The Balaban J connectivity index is 1.56. The summed E-state index contributed by atoms with van der Waals surface area (Å²) in [5.41, 5.74) is 2.75. The van der Waals surface area contributed by atoms with Crippen LogP contribution < -0.4 is 9.80 Å². The smallest absolute Gasteiger partial charge is 0.253 e. The predicted molar refractivity (Wildman–Crippen MR) is 150 cm³/mol. The van der Waals surface area contributed by atoms with Crippen LogP contribution in [0.15, 0.2) is 42.6 Å². The van der Waals surface area contributed by atoms with Crippen LogP contribution in [-0.2, 0) is 11.3 Å². The lowest BCUT2D eigenvalue weighted by Crippen LogP contribution is -2.49. The van der Waals surface area contributed by atoms with Gasteiger partial charge in [0.05, 0.1) is 0 Å². The Morgan fingerprint density at radius 3 is 2.30 bits per heavy atom. The van der Waals surface area contributed by atoms with Crippen molar-refractivity contribution in [3.05, 3.63) is 53.7 Å². The summed E-state index contributed by atoms with van der Waals surface area (Å²) in [5.74, 6) is 1.65. The molecule has 1 aromatic carbocycles. The van der Waals surface area contributed by atoms with Crippen LogP contribution in [0.25, 0.3) is 0 Å². The van der Waals surface area contributed by atoms with Crippen molar-refractivity contribution in [1.82, 2.24) is 14.8 Å². The number of amides is 2. The zero-order valence-electron chi connectivity index (χ0n) is 22.9. The normalized spacial score (nSPS) is 18.2. The first kappa shape index (κ1) is 27.1. The number of piperazine rings is 1. The average molecular weight is 506 g/mol. The van der Waals surface area contributed by atoms with E-state index in [-0.39, 0.29) is 11.8 Å². The summed E-state index contributed by atoms with van der Waals surface area (Å²) in [6.07, 6.45) is 7.60. The molecule has 1 fully saturated rings. The molecule has 37 heavy (non-hydrogen) atoms. The topological polar surface area (TPSA) is 60.0 Å². The number of benzene rings is 1. The second-order valence-electron chi connectivity index (χ2n) is 10.9. The highest BCUT2D eigenvalue weighted by Crippen LogP contribution is 2.27. The SMILES string of the molecule is CC(=O)N1CCCCCCCN(CC(C)C)Cc2cc(C(=O)N3CCN(c4ccccn4)CC3)ccc21. The van der Waals surface area contributed by atoms with Gasteiger partial charge in [-0.2, -0.15) is 0 Å². The Bertz CT molecular complexity index is 1030. The highest BCUT2D eigenvalue weighted by Gasteiger charge is 2.25. The number of rotatable bonds is 4. The Hall–Kier alpha value is -2.93. The van der Waals surface area contributed by atoms with E-state index in [1.165, 1.54) is 19.3 Å². The lowest BCUT2D eigenvalue weighted by molar-refractivity contribution is -0.116. The molecule has 2 aromatic rings. The van der Waals surface area contributed by atoms with E-state index in [1.807, 2.05) is 46.3 Å². The van der Waals surface area contributed by atoms with Gasteiger partial charge in [-0.1, -0.05) is 39.2 Å². The van der Waals surface area contributed by atoms with Gasteiger partial charge >= 0.3 is 0 Å². The Morgan fingerprint density at radius 1 is 0.892 bits per heavy atom. The van der Waals surface area contributed by atoms with Gasteiger partial charge in [-0.15, -0.1) is 0 Å². The van der Waals surface area contributed by atoms with Gasteiger partial charge in [-0.3, -0.25) is 14.5 Å². The van der Waals surface area contributed by atoms with Gasteiger partial charge in [0.2, 0.25) is 5.91 Å². The van der Waals surface area contributed by atoms with Crippen LogP contribution in [-0.4, -0.2) is 72.4 Å². The van der Waals surface area contributed by atoms with Gasteiger partial charge in [-0.05, 0) is 61.2 Å². The van der Waals surface area contributed by atoms with Gasteiger partial charge in [0.25, 0.3) is 5.91 Å². The molecule has 0 N–H and O–H groups in total. The van der Waals surface area contributed by atoms with Crippen LogP contribution >= 0.6 is 0 Å². The molecule has 1 aromatic heterocycles. The quantitative estimate of drug-likeness (QED) is 0.596. The first-order chi connectivity index (χ1) is 17.9. The minimum atomic E-state index is 0.0680. The zero-order valence-corrected chi connectivity index (χ0v) is 22.9. The third kappa shape index (κ3) is 7.31. The summed E-state index contributed by atoms with van der Waals surface area (Å²) in [6.45, 7) is 12.6. The largest absolute Gasteiger partial charge is 0.353 e. The number of carbonyl (C=O) groups excluding carboxylic acids is 2. The van der Waals surface area contributed by atoms with E-state index >= 15 is 0 Å². The third-order valence-corrected chi connectivity index (χ3v) is 7.41. The molecule has 200 valence electrons. The molecule has 7 heteroatoms. The van der Waals surface area contributed by atoms with Gasteiger partial charge in [0.1, 0.15) is 5.82 Å². The maximum Gasteiger partial charge on any atom is 0.253 e. The Kier molecular flexibility index (Phi) is 9.56. The van der Waals surface area contributed by atoms with E-state index < -0.39 is 0 Å². The number of hydrogen-bond donors (Lipinski definition) is 0. The number of hydrogen-bond acceptors (Lipinski definition) is 5. The second-order valence-corrected chi connectivity index (χ2v) is 10.9. The highest BCUT2D eigenvalue weighted by molar-refractivity contribution is 5.97. The van der Waals surface area contributed by atoms with Crippen LogP contribution in [0.1, 0.15) is 68.8 Å².